The van der Waals surface area contributed by atoms with Crippen molar-refractivity contribution in [3.05, 3.63) is 0 Å². The van der Waals surface area contributed by atoms with E-state index in [1.54, 1.807) is 0 Å². The second kappa shape index (κ2) is 5.84. The highest BCUT2D eigenvalue weighted by molar-refractivity contribution is 5.77. The molecule has 1 amide bonds. The minimum atomic E-state index is -0.833. The van der Waals surface area contributed by atoms with Crippen LogP contribution in [0.3, 0.4) is 0 Å². The van der Waals surface area contributed by atoms with Crippen LogP contribution in [0.25, 0.3) is 0 Å². The fraction of sp³-hybridized carbons (Fsp3) is 0.818. The SMILES string of the molecule is CN(C)C1CCN(C(=O)CCCC(=O)O)C1. The van der Waals surface area contributed by atoms with Crippen molar-refractivity contribution in [2.24, 2.45) is 0 Å². The summed E-state index contributed by atoms with van der Waals surface area (Å²) in [6.45, 7) is 1.58. The highest BCUT2D eigenvalue weighted by atomic mass is 16.4. The molecule has 1 aliphatic heterocycles. The second-order valence-corrected chi connectivity index (χ2v) is 4.49. The average molecular weight is 228 g/mol. The Balaban J connectivity index is 2.25. The van der Waals surface area contributed by atoms with Crippen molar-refractivity contribution in [3.8, 4) is 0 Å². The Morgan fingerprint density at radius 3 is 2.56 bits per heavy atom. The summed E-state index contributed by atoms with van der Waals surface area (Å²) in [7, 11) is 4.03. The van der Waals surface area contributed by atoms with Crippen LogP contribution in [-0.4, -0.2) is 60.0 Å². The Kier molecular flexibility index (Phi) is 4.73. The fourth-order valence-corrected chi connectivity index (χ4v) is 1.94. The number of carboxylic acids is 1. The number of hydrogen-bond acceptors (Lipinski definition) is 3. The van der Waals surface area contributed by atoms with Crippen LogP contribution in [-0.2, 0) is 9.59 Å². The molecule has 5 heteroatoms. The van der Waals surface area contributed by atoms with E-state index in [4.69, 9.17) is 5.11 Å². The molecule has 0 saturated carbocycles. The summed E-state index contributed by atoms with van der Waals surface area (Å²) in [5.41, 5.74) is 0. The molecule has 0 bridgehead atoms. The number of amides is 1. The van der Waals surface area contributed by atoms with E-state index >= 15 is 0 Å². The first kappa shape index (κ1) is 13.0. The van der Waals surface area contributed by atoms with Crippen molar-refractivity contribution < 1.29 is 14.7 Å². The molecule has 1 unspecified atom stereocenters. The van der Waals surface area contributed by atoms with Crippen LogP contribution in [0.5, 0.6) is 0 Å². The predicted molar refractivity (Wildman–Crippen MR) is 60.2 cm³/mol. The third kappa shape index (κ3) is 3.81. The maximum absolute atomic E-state index is 11.7. The Morgan fingerprint density at radius 1 is 1.38 bits per heavy atom. The lowest BCUT2D eigenvalue weighted by Crippen LogP contribution is -2.34. The van der Waals surface area contributed by atoms with Crippen molar-refractivity contribution in [1.29, 1.82) is 0 Å². The number of carbonyl (C=O) groups is 2. The van der Waals surface area contributed by atoms with E-state index in [0.717, 1.165) is 19.5 Å². The summed E-state index contributed by atoms with van der Waals surface area (Å²) >= 11 is 0. The maximum atomic E-state index is 11.7. The van der Waals surface area contributed by atoms with Crippen LogP contribution in [0.2, 0.25) is 0 Å². The average Bonchev–Trinajstić information content (AvgIpc) is 2.65. The highest BCUT2D eigenvalue weighted by Crippen LogP contribution is 2.14. The van der Waals surface area contributed by atoms with Crippen LogP contribution >= 0.6 is 0 Å². The lowest BCUT2D eigenvalue weighted by Gasteiger charge is -2.20. The van der Waals surface area contributed by atoms with Gasteiger partial charge in [0.1, 0.15) is 0 Å². The topological polar surface area (TPSA) is 60.9 Å². The van der Waals surface area contributed by atoms with Crippen molar-refractivity contribution in [3.63, 3.8) is 0 Å². The number of likely N-dealkylation sites (N-methyl/N-ethyl adjacent to an activating group) is 1. The van der Waals surface area contributed by atoms with Gasteiger partial charge in [0.05, 0.1) is 0 Å². The quantitative estimate of drug-likeness (QED) is 0.740. The molecular weight excluding hydrogens is 208 g/mol. The van der Waals surface area contributed by atoms with Gasteiger partial charge in [0, 0.05) is 32.0 Å². The first-order valence-corrected chi connectivity index (χ1v) is 5.66. The molecule has 1 heterocycles. The van der Waals surface area contributed by atoms with Gasteiger partial charge in [-0.3, -0.25) is 9.59 Å². The minimum absolute atomic E-state index is 0.0800. The van der Waals surface area contributed by atoms with E-state index in [9.17, 15) is 9.59 Å². The van der Waals surface area contributed by atoms with Gasteiger partial charge in [0.2, 0.25) is 5.91 Å². The van der Waals surface area contributed by atoms with Gasteiger partial charge >= 0.3 is 5.97 Å². The number of hydrogen-bond donors (Lipinski definition) is 1. The Labute approximate surface area is 96.0 Å². The van der Waals surface area contributed by atoms with Crippen LogP contribution in [0.1, 0.15) is 25.7 Å². The standard InChI is InChI=1S/C11H20N2O3/c1-12(2)9-6-7-13(8-9)10(14)4-3-5-11(15)16/h9H,3-8H2,1-2H3,(H,15,16). The minimum Gasteiger partial charge on any atom is -0.481 e. The third-order valence-corrected chi connectivity index (χ3v) is 3.03. The van der Waals surface area contributed by atoms with Crippen molar-refractivity contribution >= 4 is 11.9 Å². The Hall–Kier alpha value is -1.10. The Bertz CT molecular complexity index is 266. The zero-order chi connectivity index (χ0) is 12.1. The zero-order valence-corrected chi connectivity index (χ0v) is 9.98. The van der Waals surface area contributed by atoms with E-state index < -0.39 is 5.97 Å². The summed E-state index contributed by atoms with van der Waals surface area (Å²) < 4.78 is 0. The summed E-state index contributed by atoms with van der Waals surface area (Å²) in [6.07, 6.45) is 1.89. The van der Waals surface area contributed by atoms with Crippen LogP contribution in [0.4, 0.5) is 0 Å². The number of likely N-dealkylation sites (tertiary alicyclic amines) is 1. The van der Waals surface area contributed by atoms with E-state index in [2.05, 4.69) is 4.90 Å². The van der Waals surface area contributed by atoms with Gasteiger partial charge in [-0.1, -0.05) is 0 Å². The second-order valence-electron chi connectivity index (χ2n) is 4.49. The lowest BCUT2D eigenvalue weighted by molar-refractivity contribution is -0.137. The van der Waals surface area contributed by atoms with Crippen LogP contribution in [0.15, 0.2) is 0 Å². The van der Waals surface area contributed by atoms with Gasteiger partial charge in [-0.25, -0.2) is 0 Å². The summed E-state index contributed by atoms with van der Waals surface area (Å²) in [4.78, 5) is 26.0. The lowest BCUT2D eigenvalue weighted by atomic mass is 10.2. The molecule has 0 radical (unpaired) electrons. The molecule has 16 heavy (non-hydrogen) atoms. The molecule has 92 valence electrons. The molecular formula is C11H20N2O3. The van der Waals surface area contributed by atoms with Gasteiger partial charge in [0.25, 0.3) is 0 Å². The van der Waals surface area contributed by atoms with Crippen molar-refractivity contribution in [2.75, 3.05) is 27.2 Å². The van der Waals surface area contributed by atoms with Gasteiger partial charge < -0.3 is 14.9 Å². The molecule has 0 spiro atoms. The molecule has 0 aromatic heterocycles. The third-order valence-electron chi connectivity index (χ3n) is 3.03. The van der Waals surface area contributed by atoms with Gasteiger partial charge in [0.15, 0.2) is 0 Å². The zero-order valence-electron chi connectivity index (χ0n) is 9.98. The molecule has 0 aromatic rings. The first-order chi connectivity index (χ1) is 7.50. The maximum Gasteiger partial charge on any atom is 0.303 e. The number of nitrogens with zero attached hydrogens (tertiary/aromatic N) is 2. The summed E-state index contributed by atoms with van der Waals surface area (Å²) in [5, 5.41) is 8.47. The van der Waals surface area contributed by atoms with E-state index in [-0.39, 0.29) is 12.3 Å². The molecule has 1 atom stereocenters. The van der Waals surface area contributed by atoms with Crippen molar-refractivity contribution in [1.82, 2.24) is 9.80 Å². The van der Waals surface area contributed by atoms with Crippen LogP contribution in [0, 0.1) is 0 Å². The molecule has 1 N–H and O–H groups in total. The molecule has 1 saturated heterocycles. The first-order valence-electron chi connectivity index (χ1n) is 5.66. The number of carboxylic acid groups (broad SMARTS) is 1. The largest absolute Gasteiger partial charge is 0.481 e. The smallest absolute Gasteiger partial charge is 0.303 e. The normalized spacial score (nSPS) is 20.4. The van der Waals surface area contributed by atoms with Gasteiger partial charge in [-0.05, 0) is 26.9 Å². The monoisotopic (exact) mass is 228 g/mol. The van der Waals surface area contributed by atoms with E-state index in [1.165, 1.54) is 0 Å². The number of rotatable bonds is 5. The summed E-state index contributed by atoms with van der Waals surface area (Å²) in [6, 6.07) is 0.448. The molecule has 0 aromatic carbocycles. The predicted octanol–water partition coefficient (Wildman–Crippen LogP) is 0.404. The van der Waals surface area contributed by atoms with E-state index in [1.807, 2.05) is 19.0 Å². The van der Waals surface area contributed by atoms with E-state index in [0.29, 0.717) is 18.9 Å². The number of aliphatic carboxylic acids is 1. The van der Waals surface area contributed by atoms with Gasteiger partial charge in [-0.15, -0.1) is 0 Å². The summed E-state index contributed by atoms with van der Waals surface area (Å²) in [5.74, 6) is -0.744. The van der Waals surface area contributed by atoms with Crippen molar-refractivity contribution in [2.45, 2.75) is 31.7 Å². The fourth-order valence-electron chi connectivity index (χ4n) is 1.94. The molecule has 1 aliphatic rings. The van der Waals surface area contributed by atoms with Crippen LogP contribution < -0.4 is 0 Å². The highest BCUT2D eigenvalue weighted by Gasteiger charge is 2.26. The molecule has 0 aliphatic carbocycles. The van der Waals surface area contributed by atoms with Gasteiger partial charge in [-0.2, -0.15) is 0 Å². The number of carbonyl (C=O) groups excluding carboxylic acids is 1. The Morgan fingerprint density at radius 2 is 2.06 bits per heavy atom. The molecule has 1 rings (SSSR count). The molecule has 1 fully saturated rings. The molecule has 5 nitrogen and oxygen atoms in total.